The van der Waals surface area contributed by atoms with Gasteiger partial charge in [-0.05, 0) is 36.8 Å². The summed E-state index contributed by atoms with van der Waals surface area (Å²) in [5.41, 5.74) is 1.50. The third kappa shape index (κ3) is 3.30. The molecule has 2 heterocycles. The van der Waals surface area contributed by atoms with Crippen LogP contribution in [0.3, 0.4) is 0 Å². The topological polar surface area (TPSA) is 89.2 Å². The van der Waals surface area contributed by atoms with Gasteiger partial charge >= 0.3 is 5.97 Å². The second kappa shape index (κ2) is 6.64. The van der Waals surface area contributed by atoms with Crippen molar-refractivity contribution in [1.82, 2.24) is 19.7 Å². The highest BCUT2D eigenvalue weighted by Crippen LogP contribution is 2.17. The molecule has 0 aliphatic carbocycles. The Morgan fingerprint density at radius 3 is 2.40 bits per heavy atom. The van der Waals surface area contributed by atoms with Crippen molar-refractivity contribution in [2.45, 2.75) is 13.0 Å². The summed E-state index contributed by atoms with van der Waals surface area (Å²) in [5.74, 6) is -0.544. The molecule has 1 atom stereocenters. The molecule has 0 aliphatic rings. The average molecular weight is 338 g/mol. The zero-order valence-electron chi connectivity index (χ0n) is 13.9. The van der Waals surface area contributed by atoms with Gasteiger partial charge in [0.1, 0.15) is 11.4 Å². The molecule has 1 amide bonds. The Balaban J connectivity index is 1.80. The Hall–Kier alpha value is -3.35. The van der Waals surface area contributed by atoms with Crippen LogP contribution in [0.2, 0.25) is 0 Å². The maximum atomic E-state index is 12.7. The fraction of sp³-hybridized carbons (Fsp3) is 0.167. The van der Waals surface area contributed by atoms with Gasteiger partial charge in [-0.1, -0.05) is 12.1 Å². The quantitative estimate of drug-likeness (QED) is 0.747. The van der Waals surface area contributed by atoms with E-state index in [0.29, 0.717) is 11.4 Å². The van der Waals surface area contributed by atoms with Gasteiger partial charge in [-0.25, -0.2) is 4.79 Å². The third-order valence-corrected chi connectivity index (χ3v) is 4.01. The van der Waals surface area contributed by atoms with Crippen LogP contribution in [0.15, 0.2) is 55.0 Å². The number of rotatable bonds is 5. The first-order chi connectivity index (χ1) is 12.0. The first-order valence-corrected chi connectivity index (χ1v) is 7.77. The highest BCUT2D eigenvalue weighted by atomic mass is 16.4. The second-order valence-corrected chi connectivity index (χ2v) is 5.72. The maximum absolute atomic E-state index is 12.7. The zero-order chi connectivity index (χ0) is 18.0. The van der Waals surface area contributed by atoms with Crippen LogP contribution in [-0.4, -0.2) is 31.3 Å². The summed E-state index contributed by atoms with van der Waals surface area (Å²) in [6, 6.07) is 9.93. The van der Waals surface area contributed by atoms with Crippen molar-refractivity contribution in [3.8, 4) is 5.82 Å². The molecule has 2 N–H and O–H groups in total. The number of aryl methyl sites for hydroxylation is 1. The molecule has 0 fully saturated rings. The van der Waals surface area contributed by atoms with Gasteiger partial charge in [0.2, 0.25) is 0 Å². The number of hydrogen-bond donors (Lipinski definition) is 2. The number of carboxylic acid groups (broad SMARTS) is 1. The normalized spacial score (nSPS) is 11.9. The number of benzene rings is 1. The number of amides is 1. The van der Waals surface area contributed by atoms with E-state index in [0.717, 1.165) is 5.56 Å². The summed E-state index contributed by atoms with van der Waals surface area (Å²) in [6.45, 7) is 1.85. The molecule has 3 aromatic rings. The van der Waals surface area contributed by atoms with Crippen LogP contribution in [0.4, 0.5) is 0 Å². The van der Waals surface area contributed by atoms with Gasteiger partial charge in [0.05, 0.1) is 17.8 Å². The number of nitrogens with zero attached hydrogens (tertiary/aromatic N) is 3. The summed E-state index contributed by atoms with van der Waals surface area (Å²) in [7, 11) is 1.78. The number of carbonyl (C=O) groups is 2. The molecular formula is C18H18N4O3. The van der Waals surface area contributed by atoms with E-state index in [-0.39, 0.29) is 17.5 Å². The minimum absolute atomic E-state index is 0.212. The fourth-order valence-corrected chi connectivity index (χ4v) is 2.65. The van der Waals surface area contributed by atoms with Gasteiger partial charge in [0, 0.05) is 19.4 Å². The van der Waals surface area contributed by atoms with E-state index in [2.05, 4.69) is 10.4 Å². The van der Waals surface area contributed by atoms with Crippen molar-refractivity contribution in [3.63, 3.8) is 0 Å². The van der Waals surface area contributed by atoms with E-state index in [1.54, 1.807) is 23.9 Å². The first kappa shape index (κ1) is 16.5. The number of aromatic carboxylic acids is 1. The molecule has 1 aromatic carbocycles. The Morgan fingerprint density at radius 2 is 1.80 bits per heavy atom. The van der Waals surface area contributed by atoms with Gasteiger partial charge in [-0.3, -0.25) is 9.48 Å². The third-order valence-electron chi connectivity index (χ3n) is 4.01. The smallest absolute Gasteiger partial charge is 0.335 e. The molecule has 7 heteroatoms. The number of carbonyl (C=O) groups excluding carboxylic acids is 1. The van der Waals surface area contributed by atoms with Gasteiger partial charge in [-0.2, -0.15) is 5.10 Å². The summed E-state index contributed by atoms with van der Waals surface area (Å²) in [5, 5.41) is 16.0. The molecule has 128 valence electrons. The molecule has 3 rings (SSSR count). The van der Waals surface area contributed by atoms with Crippen molar-refractivity contribution in [3.05, 3.63) is 71.7 Å². The van der Waals surface area contributed by atoms with E-state index in [4.69, 9.17) is 5.11 Å². The van der Waals surface area contributed by atoms with Gasteiger partial charge < -0.3 is 15.0 Å². The van der Waals surface area contributed by atoms with Gasteiger partial charge in [0.25, 0.3) is 5.91 Å². The molecule has 0 saturated carbocycles. The van der Waals surface area contributed by atoms with Crippen molar-refractivity contribution in [2.24, 2.45) is 7.05 Å². The number of nitrogens with one attached hydrogen (secondary N) is 1. The van der Waals surface area contributed by atoms with E-state index >= 15 is 0 Å². The van der Waals surface area contributed by atoms with Gasteiger partial charge in [-0.15, -0.1) is 0 Å². The largest absolute Gasteiger partial charge is 0.478 e. The minimum Gasteiger partial charge on any atom is -0.478 e. The summed E-state index contributed by atoms with van der Waals surface area (Å²) >= 11 is 0. The van der Waals surface area contributed by atoms with Crippen LogP contribution in [-0.2, 0) is 7.05 Å². The lowest BCUT2D eigenvalue weighted by Crippen LogP contribution is -2.27. The molecule has 2 aromatic heterocycles. The standard InChI is InChI=1S/C18H18N4O3/c1-12(13-5-7-14(8-6-13)18(24)25)20-16(23)15-11-19-21(2)17(15)22-9-3-4-10-22/h3-12H,1-2H3,(H,20,23)(H,24,25). The Bertz CT molecular complexity index is 895. The maximum Gasteiger partial charge on any atom is 0.335 e. The Labute approximate surface area is 144 Å². The lowest BCUT2D eigenvalue weighted by Gasteiger charge is -2.15. The van der Waals surface area contributed by atoms with Gasteiger partial charge in [0.15, 0.2) is 0 Å². The highest BCUT2D eigenvalue weighted by Gasteiger charge is 2.19. The van der Waals surface area contributed by atoms with E-state index in [9.17, 15) is 9.59 Å². The molecule has 0 saturated heterocycles. The Kier molecular flexibility index (Phi) is 4.38. The average Bonchev–Trinajstić information content (AvgIpc) is 3.23. The SMILES string of the molecule is CC(NC(=O)c1cnn(C)c1-n1cccc1)c1ccc(C(=O)O)cc1. The lowest BCUT2D eigenvalue weighted by atomic mass is 10.1. The predicted octanol–water partition coefficient (Wildman–Crippen LogP) is 2.40. The van der Waals surface area contributed by atoms with Crippen LogP contribution in [0.25, 0.3) is 5.82 Å². The van der Waals surface area contributed by atoms with Crippen LogP contribution in [0.5, 0.6) is 0 Å². The highest BCUT2D eigenvalue weighted by molar-refractivity contribution is 5.97. The predicted molar refractivity (Wildman–Crippen MR) is 91.8 cm³/mol. The van der Waals surface area contributed by atoms with Crippen LogP contribution in [0.1, 0.15) is 39.2 Å². The molecular weight excluding hydrogens is 320 g/mol. The van der Waals surface area contributed by atoms with Crippen LogP contribution in [0, 0.1) is 0 Å². The van der Waals surface area contributed by atoms with Crippen LogP contribution >= 0.6 is 0 Å². The summed E-state index contributed by atoms with van der Waals surface area (Å²) in [6.07, 6.45) is 5.23. The molecule has 25 heavy (non-hydrogen) atoms. The van der Waals surface area contributed by atoms with E-state index in [1.807, 2.05) is 36.0 Å². The van der Waals surface area contributed by atoms with Crippen LogP contribution < -0.4 is 5.32 Å². The monoisotopic (exact) mass is 338 g/mol. The van der Waals surface area contributed by atoms with Crippen molar-refractivity contribution >= 4 is 11.9 Å². The molecule has 1 unspecified atom stereocenters. The number of aromatic nitrogens is 3. The zero-order valence-corrected chi connectivity index (χ0v) is 13.9. The van der Waals surface area contributed by atoms with E-state index < -0.39 is 5.97 Å². The fourth-order valence-electron chi connectivity index (χ4n) is 2.65. The minimum atomic E-state index is -0.977. The molecule has 7 nitrogen and oxygen atoms in total. The second-order valence-electron chi connectivity index (χ2n) is 5.72. The van der Waals surface area contributed by atoms with Crippen molar-refractivity contribution in [1.29, 1.82) is 0 Å². The van der Waals surface area contributed by atoms with Crippen molar-refractivity contribution < 1.29 is 14.7 Å². The molecule has 0 spiro atoms. The number of hydrogen-bond acceptors (Lipinski definition) is 3. The molecule has 0 bridgehead atoms. The summed E-state index contributed by atoms with van der Waals surface area (Å²) in [4.78, 5) is 23.6. The Morgan fingerprint density at radius 1 is 1.16 bits per heavy atom. The van der Waals surface area contributed by atoms with E-state index in [1.165, 1.54) is 18.3 Å². The molecule has 0 aliphatic heterocycles. The van der Waals surface area contributed by atoms with Crippen molar-refractivity contribution in [2.75, 3.05) is 0 Å². The summed E-state index contributed by atoms with van der Waals surface area (Å²) < 4.78 is 3.47. The first-order valence-electron chi connectivity index (χ1n) is 7.77. The molecule has 0 radical (unpaired) electrons. The lowest BCUT2D eigenvalue weighted by molar-refractivity contribution is 0.0696. The number of carboxylic acids is 1.